The number of nitrogens with zero attached hydrogens (tertiary/aromatic N) is 1. The van der Waals surface area contributed by atoms with E-state index in [1.165, 1.54) is 0 Å². The van der Waals surface area contributed by atoms with Crippen molar-refractivity contribution >= 4 is 11.8 Å². The monoisotopic (exact) mass is 303 g/mol. The number of hydrogen-bond donors (Lipinski definition) is 0. The zero-order valence-electron chi connectivity index (χ0n) is 13.2. The number of ketones is 1. The van der Waals surface area contributed by atoms with Gasteiger partial charge >= 0.3 is 5.97 Å². The van der Waals surface area contributed by atoms with E-state index in [1.54, 1.807) is 12.2 Å². The van der Waals surface area contributed by atoms with Gasteiger partial charge in [-0.3, -0.25) is 9.59 Å². The van der Waals surface area contributed by atoms with Crippen molar-refractivity contribution in [3.8, 4) is 0 Å². The first-order valence-corrected chi connectivity index (χ1v) is 7.61. The lowest BCUT2D eigenvalue weighted by Crippen LogP contribution is -2.48. The van der Waals surface area contributed by atoms with Gasteiger partial charge in [-0.2, -0.15) is 5.06 Å². The minimum Gasteiger partial charge on any atom is -0.450 e. The molecule has 0 bridgehead atoms. The van der Waals surface area contributed by atoms with E-state index in [9.17, 15) is 9.59 Å². The van der Waals surface area contributed by atoms with Crippen LogP contribution in [0, 0.1) is 13.8 Å². The minimum atomic E-state index is -0.967. The fourth-order valence-electron chi connectivity index (χ4n) is 3.58. The van der Waals surface area contributed by atoms with Crippen molar-refractivity contribution in [1.82, 2.24) is 5.06 Å². The number of carbonyl (C=O) groups excluding carboxylic acids is 2. The topological polar surface area (TPSA) is 55.8 Å². The number of aryl methyl sites for hydroxylation is 2. The van der Waals surface area contributed by atoms with Crippen molar-refractivity contribution < 1.29 is 19.2 Å². The highest BCUT2D eigenvalue weighted by Crippen LogP contribution is 2.42. The molecule has 2 aliphatic heterocycles. The third kappa shape index (κ3) is 2.25. The third-order valence-electron chi connectivity index (χ3n) is 4.86. The molecule has 1 unspecified atom stereocenters. The molecule has 0 radical (unpaired) electrons. The maximum Gasteiger partial charge on any atom is 0.322 e. The van der Waals surface area contributed by atoms with Crippen molar-refractivity contribution in [1.29, 1.82) is 0 Å². The Morgan fingerprint density at radius 3 is 2.32 bits per heavy atom. The number of carbonyl (C=O) groups is 2. The average molecular weight is 303 g/mol. The van der Waals surface area contributed by atoms with Crippen LogP contribution in [0.2, 0.25) is 0 Å². The second-order valence-corrected chi connectivity index (χ2v) is 6.13. The number of hydrogen-bond acceptors (Lipinski definition) is 5. The number of rotatable bonds is 2. The van der Waals surface area contributed by atoms with Crippen molar-refractivity contribution in [2.24, 2.45) is 0 Å². The highest BCUT2D eigenvalue weighted by molar-refractivity contribution is 6.14. The fourth-order valence-corrected chi connectivity index (χ4v) is 3.58. The first-order chi connectivity index (χ1) is 10.5. The quantitative estimate of drug-likeness (QED) is 0.617. The summed E-state index contributed by atoms with van der Waals surface area (Å²) in [7, 11) is 1.61. The van der Waals surface area contributed by atoms with Gasteiger partial charge in [-0.05, 0) is 30.5 Å². The summed E-state index contributed by atoms with van der Waals surface area (Å²) >= 11 is 0. The maximum atomic E-state index is 13.0. The van der Waals surface area contributed by atoms with E-state index in [-0.39, 0.29) is 5.78 Å². The number of benzene rings is 1. The summed E-state index contributed by atoms with van der Waals surface area (Å²) in [6, 6.07) is 5.80. The van der Waals surface area contributed by atoms with E-state index < -0.39 is 17.5 Å². The van der Waals surface area contributed by atoms with Gasteiger partial charge in [0.15, 0.2) is 11.4 Å². The SMILES string of the molecule is CON1CCC2(CC1)OC(=O)C(c1c(C)cccc1C)C2=O. The second kappa shape index (κ2) is 5.48. The zero-order chi connectivity index (χ0) is 15.9. The number of hydroxylamine groups is 2. The minimum absolute atomic E-state index is 0.0920. The Labute approximate surface area is 130 Å². The lowest BCUT2D eigenvalue weighted by Gasteiger charge is -2.35. The third-order valence-corrected chi connectivity index (χ3v) is 4.86. The van der Waals surface area contributed by atoms with Gasteiger partial charge in [-0.15, -0.1) is 0 Å². The van der Waals surface area contributed by atoms with Crippen LogP contribution in [0.5, 0.6) is 0 Å². The van der Waals surface area contributed by atoms with E-state index in [2.05, 4.69) is 0 Å². The van der Waals surface area contributed by atoms with Crippen LogP contribution in [-0.2, 0) is 19.2 Å². The molecule has 3 rings (SSSR count). The number of esters is 1. The molecule has 0 N–H and O–H groups in total. The van der Waals surface area contributed by atoms with Crippen molar-refractivity contribution in [2.75, 3.05) is 20.2 Å². The van der Waals surface area contributed by atoms with Gasteiger partial charge in [0.25, 0.3) is 0 Å². The largest absolute Gasteiger partial charge is 0.450 e. The molecule has 0 saturated carbocycles. The predicted molar refractivity (Wildman–Crippen MR) is 80.3 cm³/mol. The van der Waals surface area contributed by atoms with Crippen LogP contribution in [0.3, 0.4) is 0 Å². The molecular weight excluding hydrogens is 282 g/mol. The standard InChI is InChI=1S/C17H21NO4/c1-11-5-4-6-12(2)13(11)14-15(19)17(22-16(14)20)7-9-18(21-3)10-8-17/h4-6,14H,7-10H2,1-3H3. The molecule has 1 aromatic rings. The Morgan fingerprint density at radius 1 is 1.18 bits per heavy atom. The van der Waals surface area contributed by atoms with Crippen molar-refractivity contribution in [3.05, 3.63) is 34.9 Å². The molecule has 0 amide bonds. The normalized spacial score (nSPS) is 24.8. The van der Waals surface area contributed by atoms with Crippen LogP contribution in [0.25, 0.3) is 0 Å². The molecule has 0 aliphatic carbocycles. The van der Waals surface area contributed by atoms with Crippen LogP contribution >= 0.6 is 0 Å². The van der Waals surface area contributed by atoms with E-state index in [0.717, 1.165) is 16.7 Å². The molecule has 2 aliphatic rings. The molecule has 2 saturated heterocycles. The molecular formula is C17H21NO4. The van der Waals surface area contributed by atoms with Gasteiger partial charge in [-0.1, -0.05) is 18.2 Å². The molecule has 118 valence electrons. The summed E-state index contributed by atoms with van der Waals surface area (Å²) in [6.45, 7) is 5.05. The smallest absolute Gasteiger partial charge is 0.322 e. The van der Waals surface area contributed by atoms with E-state index in [0.29, 0.717) is 25.9 Å². The number of piperidine rings is 1. The lowest BCUT2D eigenvalue weighted by atomic mass is 9.80. The highest BCUT2D eigenvalue weighted by Gasteiger charge is 2.57. The molecule has 1 spiro atoms. The molecule has 1 aromatic carbocycles. The van der Waals surface area contributed by atoms with Crippen LogP contribution in [0.1, 0.15) is 35.4 Å². The van der Waals surface area contributed by atoms with Gasteiger partial charge in [0.1, 0.15) is 5.92 Å². The molecule has 22 heavy (non-hydrogen) atoms. The van der Waals surface area contributed by atoms with Crippen molar-refractivity contribution in [3.63, 3.8) is 0 Å². The van der Waals surface area contributed by atoms with E-state index >= 15 is 0 Å². The number of Topliss-reactive ketones (excluding diaryl/α,β-unsaturated/α-hetero) is 1. The molecule has 0 aromatic heterocycles. The molecule has 5 nitrogen and oxygen atoms in total. The Morgan fingerprint density at radius 2 is 1.77 bits per heavy atom. The maximum absolute atomic E-state index is 13.0. The summed E-state index contributed by atoms with van der Waals surface area (Å²) in [5.74, 6) is -1.28. The summed E-state index contributed by atoms with van der Waals surface area (Å²) < 4.78 is 5.60. The molecule has 5 heteroatoms. The van der Waals surface area contributed by atoms with Crippen molar-refractivity contribution in [2.45, 2.75) is 38.2 Å². The van der Waals surface area contributed by atoms with Crippen LogP contribution in [0.4, 0.5) is 0 Å². The lowest BCUT2D eigenvalue weighted by molar-refractivity contribution is -0.184. The second-order valence-electron chi connectivity index (χ2n) is 6.13. The molecule has 2 heterocycles. The van der Waals surface area contributed by atoms with Gasteiger partial charge in [0, 0.05) is 25.9 Å². The first-order valence-electron chi connectivity index (χ1n) is 7.61. The Balaban J connectivity index is 1.93. The summed E-state index contributed by atoms with van der Waals surface area (Å²) in [4.78, 5) is 30.6. The summed E-state index contributed by atoms with van der Waals surface area (Å²) in [6.07, 6.45) is 0.986. The van der Waals surface area contributed by atoms with Gasteiger partial charge in [-0.25, -0.2) is 0 Å². The predicted octanol–water partition coefficient (Wildman–Crippen LogP) is 1.91. The molecule has 2 fully saturated rings. The zero-order valence-corrected chi connectivity index (χ0v) is 13.2. The highest BCUT2D eigenvalue weighted by atomic mass is 16.7. The Kier molecular flexibility index (Phi) is 3.78. The van der Waals surface area contributed by atoms with Gasteiger partial charge in [0.2, 0.25) is 0 Å². The van der Waals surface area contributed by atoms with Crippen LogP contribution in [-0.4, -0.2) is 42.6 Å². The summed E-state index contributed by atoms with van der Waals surface area (Å²) in [5, 5.41) is 1.79. The number of ether oxygens (including phenoxy) is 1. The van der Waals surface area contributed by atoms with Gasteiger partial charge < -0.3 is 9.57 Å². The average Bonchev–Trinajstić information content (AvgIpc) is 2.72. The Hall–Kier alpha value is -1.72. The van der Waals surface area contributed by atoms with E-state index in [4.69, 9.17) is 9.57 Å². The van der Waals surface area contributed by atoms with Crippen LogP contribution < -0.4 is 0 Å². The van der Waals surface area contributed by atoms with Crippen LogP contribution in [0.15, 0.2) is 18.2 Å². The fraction of sp³-hybridized carbons (Fsp3) is 0.529. The Bertz CT molecular complexity index is 597. The molecule has 1 atom stereocenters. The van der Waals surface area contributed by atoms with E-state index in [1.807, 2.05) is 32.0 Å². The first kappa shape index (κ1) is 15.2. The van der Waals surface area contributed by atoms with Gasteiger partial charge in [0.05, 0.1) is 7.11 Å². The summed E-state index contributed by atoms with van der Waals surface area (Å²) in [5.41, 5.74) is 1.76.